The van der Waals surface area contributed by atoms with E-state index < -0.39 is 0 Å². The molecule has 4 nitrogen and oxygen atoms in total. The summed E-state index contributed by atoms with van der Waals surface area (Å²) in [6.45, 7) is 0.700. The molecule has 1 N–H and O–H groups in total. The van der Waals surface area contributed by atoms with Crippen LogP contribution in [0.15, 0.2) is 60.1 Å². The Bertz CT molecular complexity index is 739. The van der Waals surface area contributed by atoms with E-state index in [9.17, 15) is 0 Å². The Kier molecular flexibility index (Phi) is 6.39. The second kappa shape index (κ2) is 8.94. The molecule has 5 heteroatoms. The molecule has 0 bridgehead atoms. The second-order valence-electron chi connectivity index (χ2n) is 6.11. The van der Waals surface area contributed by atoms with Crippen molar-refractivity contribution < 1.29 is 4.74 Å². The van der Waals surface area contributed by atoms with Gasteiger partial charge >= 0.3 is 0 Å². The highest BCUT2D eigenvalue weighted by atomic mass is 32.1. The first-order valence-electron chi connectivity index (χ1n) is 8.62. The van der Waals surface area contributed by atoms with E-state index in [-0.39, 0.29) is 6.10 Å². The van der Waals surface area contributed by atoms with Crippen LogP contribution >= 0.6 is 11.3 Å². The van der Waals surface area contributed by atoms with E-state index in [2.05, 4.69) is 58.3 Å². The van der Waals surface area contributed by atoms with E-state index in [1.54, 1.807) is 11.3 Å². The van der Waals surface area contributed by atoms with Gasteiger partial charge in [0.15, 0.2) is 0 Å². The molecule has 1 aromatic carbocycles. The van der Waals surface area contributed by atoms with Crippen molar-refractivity contribution in [1.82, 2.24) is 15.1 Å². The van der Waals surface area contributed by atoms with E-state index >= 15 is 0 Å². The molecule has 0 radical (unpaired) electrons. The van der Waals surface area contributed by atoms with Crippen LogP contribution in [0.2, 0.25) is 0 Å². The minimum absolute atomic E-state index is 0.0540. The lowest BCUT2D eigenvalue weighted by Gasteiger charge is -2.20. The molecule has 0 amide bonds. The zero-order valence-electron chi connectivity index (χ0n) is 14.8. The molecule has 0 aliphatic carbocycles. The summed E-state index contributed by atoms with van der Waals surface area (Å²) in [7, 11) is 3.98. The van der Waals surface area contributed by atoms with E-state index in [1.165, 1.54) is 10.4 Å². The number of rotatable bonds is 9. The summed E-state index contributed by atoms with van der Waals surface area (Å²) in [5, 5.41) is 9.79. The Balaban J connectivity index is 1.60. The van der Waals surface area contributed by atoms with Crippen molar-refractivity contribution in [2.75, 3.05) is 13.7 Å². The fourth-order valence-corrected chi connectivity index (χ4v) is 3.75. The van der Waals surface area contributed by atoms with Crippen molar-refractivity contribution in [1.29, 1.82) is 0 Å². The van der Waals surface area contributed by atoms with Crippen LogP contribution in [0, 0.1) is 0 Å². The van der Waals surface area contributed by atoms with Crippen LogP contribution in [0.3, 0.4) is 0 Å². The highest BCUT2D eigenvalue weighted by Gasteiger charge is 2.19. The van der Waals surface area contributed by atoms with Crippen LogP contribution in [0.4, 0.5) is 0 Å². The van der Waals surface area contributed by atoms with Crippen molar-refractivity contribution in [2.45, 2.75) is 25.0 Å². The number of nitrogens with zero attached hydrogens (tertiary/aromatic N) is 2. The quantitative estimate of drug-likeness (QED) is 0.634. The third kappa shape index (κ3) is 4.78. The number of aromatic nitrogens is 2. The van der Waals surface area contributed by atoms with Gasteiger partial charge in [-0.2, -0.15) is 5.10 Å². The molecule has 0 aliphatic rings. The van der Waals surface area contributed by atoms with Crippen molar-refractivity contribution in [3.05, 3.63) is 76.2 Å². The van der Waals surface area contributed by atoms with Gasteiger partial charge in [-0.1, -0.05) is 36.4 Å². The first-order chi connectivity index (χ1) is 12.3. The molecule has 0 fully saturated rings. The molecule has 2 aromatic heterocycles. The first-order valence-corrected chi connectivity index (χ1v) is 9.50. The van der Waals surface area contributed by atoms with Gasteiger partial charge in [-0.25, -0.2) is 0 Å². The fourth-order valence-electron chi connectivity index (χ4n) is 2.97. The van der Waals surface area contributed by atoms with Crippen LogP contribution in [0.5, 0.6) is 0 Å². The van der Waals surface area contributed by atoms with Gasteiger partial charge in [-0.15, -0.1) is 11.3 Å². The summed E-state index contributed by atoms with van der Waals surface area (Å²) < 4.78 is 8.18. The van der Waals surface area contributed by atoms with Gasteiger partial charge in [0.25, 0.3) is 0 Å². The lowest BCUT2D eigenvalue weighted by atomic mass is 10.0. The summed E-state index contributed by atoms with van der Waals surface area (Å²) in [6.07, 6.45) is 3.74. The molecule has 132 valence electrons. The van der Waals surface area contributed by atoms with Gasteiger partial charge in [0.05, 0.1) is 5.69 Å². The van der Waals surface area contributed by atoms with Crippen LogP contribution in [-0.4, -0.2) is 29.5 Å². The lowest BCUT2D eigenvalue weighted by molar-refractivity contribution is 0.0701. The molecule has 0 saturated heterocycles. The van der Waals surface area contributed by atoms with Gasteiger partial charge in [-0.05, 0) is 43.0 Å². The number of likely N-dealkylation sites (N-methyl/N-ethyl adjacent to an activating group) is 1. The first kappa shape index (κ1) is 17.9. The second-order valence-corrected chi connectivity index (χ2v) is 7.09. The zero-order chi connectivity index (χ0) is 17.5. The topological polar surface area (TPSA) is 39.1 Å². The number of hydrogen-bond acceptors (Lipinski definition) is 4. The van der Waals surface area contributed by atoms with E-state index in [1.807, 2.05) is 31.0 Å². The Morgan fingerprint density at radius 3 is 2.64 bits per heavy atom. The Morgan fingerprint density at radius 1 is 1.16 bits per heavy atom. The molecule has 3 aromatic rings. The molecular weight excluding hydrogens is 330 g/mol. The molecule has 25 heavy (non-hydrogen) atoms. The van der Waals surface area contributed by atoms with E-state index in [0.717, 1.165) is 18.5 Å². The Hall–Kier alpha value is -1.95. The average Bonchev–Trinajstić information content (AvgIpc) is 3.31. The number of hydrogen-bond donors (Lipinski definition) is 1. The maximum absolute atomic E-state index is 6.29. The molecule has 3 rings (SSSR count). The maximum Gasteiger partial charge on any atom is 0.133 e. The maximum atomic E-state index is 6.29. The summed E-state index contributed by atoms with van der Waals surface area (Å²) in [5.41, 5.74) is 2.44. The number of thiophene rings is 1. The van der Waals surface area contributed by atoms with E-state index in [4.69, 9.17) is 4.74 Å². The van der Waals surface area contributed by atoms with Crippen LogP contribution in [0.25, 0.3) is 0 Å². The van der Waals surface area contributed by atoms with Crippen LogP contribution in [-0.2, 0) is 18.2 Å². The third-order valence-corrected chi connectivity index (χ3v) is 5.33. The number of aryl methyl sites for hydroxylation is 1. The molecule has 2 heterocycles. The molecule has 0 saturated carbocycles. The van der Waals surface area contributed by atoms with Crippen LogP contribution < -0.4 is 5.32 Å². The number of nitrogens with one attached hydrogen (secondary N) is 1. The van der Waals surface area contributed by atoms with Gasteiger partial charge in [0.1, 0.15) is 6.10 Å². The van der Waals surface area contributed by atoms with Gasteiger partial charge in [0, 0.05) is 30.8 Å². The van der Waals surface area contributed by atoms with Gasteiger partial charge in [0.2, 0.25) is 0 Å². The summed E-state index contributed by atoms with van der Waals surface area (Å²) in [5.74, 6) is 0. The minimum atomic E-state index is -0.0540. The summed E-state index contributed by atoms with van der Waals surface area (Å²) >= 11 is 1.72. The van der Waals surface area contributed by atoms with Crippen molar-refractivity contribution >= 4 is 11.3 Å². The summed E-state index contributed by atoms with van der Waals surface area (Å²) in [6, 6.07) is 17.2. The Morgan fingerprint density at radius 2 is 2.00 bits per heavy atom. The van der Waals surface area contributed by atoms with Crippen molar-refractivity contribution in [3.8, 4) is 0 Å². The SMILES string of the molecule is CNC(CCOC(c1cccs1)c1ccnn1C)Cc1ccccc1. The highest BCUT2D eigenvalue weighted by Crippen LogP contribution is 2.29. The van der Waals surface area contributed by atoms with Gasteiger partial charge in [-0.3, -0.25) is 4.68 Å². The fraction of sp³-hybridized carbons (Fsp3) is 0.350. The van der Waals surface area contributed by atoms with Crippen molar-refractivity contribution in [3.63, 3.8) is 0 Å². The molecular formula is C20H25N3OS. The lowest BCUT2D eigenvalue weighted by Crippen LogP contribution is -2.29. The average molecular weight is 356 g/mol. The molecule has 2 atom stereocenters. The third-order valence-electron chi connectivity index (χ3n) is 4.41. The highest BCUT2D eigenvalue weighted by molar-refractivity contribution is 7.10. The smallest absolute Gasteiger partial charge is 0.133 e. The normalized spacial score (nSPS) is 13.7. The Labute approximate surface area is 153 Å². The van der Waals surface area contributed by atoms with Gasteiger partial charge < -0.3 is 10.1 Å². The van der Waals surface area contributed by atoms with Crippen LogP contribution in [0.1, 0.15) is 28.7 Å². The molecule has 0 spiro atoms. The summed E-state index contributed by atoms with van der Waals surface area (Å²) in [4.78, 5) is 1.22. The largest absolute Gasteiger partial charge is 0.366 e. The number of ether oxygens (including phenoxy) is 1. The van der Waals surface area contributed by atoms with E-state index in [0.29, 0.717) is 12.6 Å². The minimum Gasteiger partial charge on any atom is -0.366 e. The monoisotopic (exact) mass is 355 g/mol. The standard InChI is InChI=1S/C20H25N3OS/c1-21-17(15-16-7-4-3-5-8-16)11-13-24-20(19-9-6-14-25-19)18-10-12-22-23(18)2/h3-10,12,14,17,20-21H,11,13,15H2,1-2H3. The predicted molar refractivity (Wildman–Crippen MR) is 103 cm³/mol. The molecule has 2 unspecified atom stereocenters. The van der Waals surface area contributed by atoms with Crippen molar-refractivity contribution in [2.24, 2.45) is 7.05 Å². The molecule has 0 aliphatic heterocycles. The predicted octanol–water partition coefficient (Wildman–Crippen LogP) is 3.81. The number of benzene rings is 1. The zero-order valence-corrected chi connectivity index (χ0v) is 15.6.